The van der Waals surface area contributed by atoms with E-state index in [2.05, 4.69) is 10.6 Å². The van der Waals surface area contributed by atoms with E-state index in [9.17, 15) is 9.18 Å². The van der Waals surface area contributed by atoms with E-state index in [1.165, 1.54) is 12.1 Å². The van der Waals surface area contributed by atoms with Gasteiger partial charge < -0.3 is 15.5 Å². The number of piperazine rings is 1. The van der Waals surface area contributed by atoms with Crippen LogP contribution in [0, 0.1) is 5.82 Å². The number of carbonyl (C=O) groups is 1. The van der Waals surface area contributed by atoms with Crippen molar-refractivity contribution in [3.8, 4) is 0 Å². The third kappa shape index (κ3) is 3.44. The molecule has 1 aromatic carbocycles. The molecule has 104 valence electrons. The van der Waals surface area contributed by atoms with Gasteiger partial charge in [-0.15, -0.1) is 0 Å². The maximum Gasteiger partial charge on any atom is 0.318 e. The number of benzene rings is 1. The summed E-state index contributed by atoms with van der Waals surface area (Å²) in [5.74, 6) is -0.290. The smallest absolute Gasteiger partial charge is 0.318 e. The molecule has 1 aromatic rings. The van der Waals surface area contributed by atoms with Crippen molar-refractivity contribution >= 4 is 6.03 Å². The van der Waals surface area contributed by atoms with E-state index in [0.717, 1.165) is 18.7 Å². The van der Waals surface area contributed by atoms with Crippen molar-refractivity contribution in [2.24, 2.45) is 0 Å². The fourth-order valence-electron chi connectivity index (χ4n) is 2.16. The van der Waals surface area contributed by atoms with Crippen molar-refractivity contribution in [3.05, 3.63) is 35.6 Å². The molecule has 0 spiro atoms. The van der Waals surface area contributed by atoms with Gasteiger partial charge in [-0.1, -0.05) is 12.1 Å². The monoisotopic (exact) mass is 265 g/mol. The summed E-state index contributed by atoms with van der Waals surface area (Å²) in [6, 6.07) is 6.23. The second-order valence-corrected chi connectivity index (χ2v) is 5.30. The van der Waals surface area contributed by atoms with Crippen LogP contribution in [0.15, 0.2) is 24.3 Å². The average Bonchev–Trinajstić information content (AvgIpc) is 2.39. The second-order valence-electron chi connectivity index (χ2n) is 5.30. The first kappa shape index (κ1) is 13.8. The molecule has 1 saturated heterocycles. The molecule has 0 aliphatic carbocycles. The van der Waals surface area contributed by atoms with Crippen LogP contribution < -0.4 is 10.6 Å². The highest BCUT2D eigenvalue weighted by atomic mass is 19.1. The number of nitrogens with one attached hydrogen (secondary N) is 2. The molecule has 0 atom stereocenters. The Morgan fingerprint density at radius 1 is 1.37 bits per heavy atom. The molecule has 2 N–H and O–H groups in total. The van der Waals surface area contributed by atoms with Gasteiger partial charge in [0.1, 0.15) is 5.82 Å². The molecule has 4 nitrogen and oxygen atoms in total. The molecular formula is C14H20FN3O. The maximum absolute atomic E-state index is 13.3. The van der Waals surface area contributed by atoms with Crippen LogP contribution in [-0.4, -0.2) is 37.1 Å². The van der Waals surface area contributed by atoms with Gasteiger partial charge in [-0.3, -0.25) is 0 Å². The van der Waals surface area contributed by atoms with Crippen LogP contribution in [0.25, 0.3) is 0 Å². The largest absolute Gasteiger partial charge is 0.329 e. The molecule has 2 amide bonds. The zero-order valence-electron chi connectivity index (χ0n) is 11.4. The Kier molecular flexibility index (Phi) is 4.04. The van der Waals surface area contributed by atoms with Gasteiger partial charge in [-0.25, -0.2) is 9.18 Å². The van der Waals surface area contributed by atoms with Crippen molar-refractivity contribution in [3.63, 3.8) is 0 Å². The fourth-order valence-corrected chi connectivity index (χ4v) is 2.16. The SMILES string of the molecule is CC(C)(NC(=O)N1CCNCC1)c1cccc(F)c1. The number of hydrogen-bond donors (Lipinski definition) is 2. The van der Waals surface area contributed by atoms with Crippen LogP contribution in [0.1, 0.15) is 19.4 Å². The first-order valence-electron chi connectivity index (χ1n) is 6.53. The normalized spacial score (nSPS) is 16.3. The first-order chi connectivity index (χ1) is 8.99. The summed E-state index contributed by atoms with van der Waals surface area (Å²) >= 11 is 0. The highest BCUT2D eigenvalue weighted by molar-refractivity contribution is 5.75. The van der Waals surface area contributed by atoms with Gasteiger partial charge in [-0.2, -0.15) is 0 Å². The first-order valence-corrected chi connectivity index (χ1v) is 6.53. The van der Waals surface area contributed by atoms with Gasteiger partial charge >= 0.3 is 6.03 Å². The lowest BCUT2D eigenvalue weighted by Gasteiger charge is -2.33. The molecule has 0 aromatic heterocycles. The van der Waals surface area contributed by atoms with Crippen LogP contribution in [0.3, 0.4) is 0 Å². The molecule has 1 heterocycles. The summed E-state index contributed by atoms with van der Waals surface area (Å²) in [5, 5.41) is 6.16. The summed E-state index contributed by atoms with van der Waals surface area (Å²) in [6.45, 7) is 6.78. The fraction of sp³-hybridized carbons (Fsp3) is 0.500. The number of halogens is 1. The van der Waals surface area contributed by atoms with E-state index in [0.29, 0.717) is 13.1 Å². The summed E-state index contributed by atoms with van der Waals surface area (Å²) in [5.41, 5.74) is 0.167. The van der Waals surface area contributed by atoms with E-state index < -0.39 is 5.54 Å². The van der Waals surface area contributed by atoms with Crippen LogP contribution in [0.2, 0.25) is 0 Å². The molecule has 0 radical (unpaired) electrons. The Hall–Kier alpha value is -1.62. The topological polar surface area (TPSA) is 44.4 Å². The van der Waals surface area contributed by atoms with Crippen molar-refractivity contribution in [2.45, 2.75) is 19.4 Å². The Morgan fingerprint density at radius 2 is 2.05 bits per heavy atom. The van der Waals surface area contributed by atoms with Crippen LogP contribution in [0.4, 0.5) is 9.18 Å². The van der Waals surface area contributed by atoms with Crippen molar-refractivity contribution in [1.82, 2.24) is 15.5 Å². The van der Waals surface area contributed by atoms with Gasteiger partial charge in [-0.05, 0) is 31.5 Å². The number of nitrogens with zero attached hydrogens (tertiary/aromatic N) is 1. The van der Waals surface area contributed by atoms with Crippen molar-refractivity contribution in [1.29, 1.82) is 0 Å². The van der Waals surface area contributed by atoms with E-state index in [1.807, 2.05) is 19.9 Å². The highest BCUT2D eigenvalue weighted by Gasteiger charge is 2.26. The van der Waals surface area contributed by atoms with Gasteiger partial charge in [0.2, 0.25) is 0 Å². The minimum atomic E-state index is -0.593. The van der Waals surface area contributed by atoms with Crippen molar-refractivity contribution in [2.75, 3.05) is 26.2 Å². The number of urea groups is 1. The molecule has 1 aliphatic heterocycles. The van der Waals surface area contributed by atoms with Gasteiger partial charge in [0.25, 0.3) is 0 Å². The quantitative estimate of drug-likeness (QED) is 0.854. The number of rotatable bonds is 2. The summed E-state index contributed by atoms with van der Waals surface area (Å²) < 4.78 is 13.3. The Balaban J connectivity index is 2.05. The van der Waals surface area contributed by atoms with Gasteiger partial charge in [0.05, 0.1) is 5.54 Å². The van der Waals surface area contributed by atoms with Crippen LogP contribution in [-0.2, 0) is 5.54 Å². The average molecular weight is 265 g/mol. The van der Waals surface area contributed by atoms with E-state index in [-0.39, 0.29) is 11.8 Å². The molecule has 2 rings (SSSR count). The Bertz CT molecular complexity index is 456. The van der Waals surface area contributed by atoms with Crippen LogP contribution in [0.5, 0.6) is 0 Å². The van der Waals surface area contributed by atoms with Crippen molar-refractivity contribution < 1.29 is 9.18 Å². The summed E-state index contributed by atoms with van der Waals surface area (Å²) in [6.07, 6.45) is 0. The Labute approximate surface area is 113 Å². The summed E-state index contributed by atoms with van der Waals surface area (Å²) in [7, 11) is 0. The lowest BCUT2D eigenvalue weighted by atomic mass is 9.94. The summed E-state index contributed by atoms with van der Waals surface area (Å²) in [4.78, 5) is 13.9. The zero-order valence-corrected chi connectivity index (χ0v) is 11.4. The van der Waals surface area contributed by atoms with E-state index in [4.69, 9.17) is 0 Å². The maximum atomic E-state index is 13.3. The lowest BCUT2D eigenvalue weighted by molar-refractivity contribution is 0.179. The minimum Gasteiger partial charge on any atom is -0.329 e. The standard InChI is InChI=1S/C14H20FN3O/c1-14(2,11-4-3-5-12(15)10-11)17-13(19)18-8-6-16-7-9-18/h3-5,10,16H,6-9H2,1-2H3,(H,17,19). The third-order valence-electron chi connectivity index (χ3n) is 3.37. The molecule has 0 unspecified atom stereocenters. The number of amides is 2. The molecule has 1 aliphatic rings. The molecule has 5 heteroatoms. The molecule has 0 saturated carbocycles. The second kappa shape index (κ2) is 5.57. The molecule has 1 fully saturated rings. The van der Waals surface area contributed by atoms with E-state index >= 15 is 0 Å². The zero-order chi connectivity index (χ0) is 13.9. The number of hydrogen-bond acceptors (Lipinski definition) is 2. The lowest BCUT2D eigenvalue weighted by Crippen LogP contribution is -2.54. The third-order valence-corrected chi connectivity index (χ3v) is 3.37. The molecule has 19 heavy (non-hydrogen) atoms. The predicted octanol–water partition coefficient (Wildman–Crippen LogP) is 1.68. The minimum absolute atomic E-state index is 0.101. The van der Waals surface area contributed by atoms with Gasteiger partial charge in [0, 0.05) is 26.2 Å². The van der Waals surface area contributed by atoms with Gasteiger partial charge in [0.15, 0.2) is 0 Å². The number of carbonyl (C=O) groups excluding carboxylic acids is 1. The highest BCUT2D eigenvalue weighted by Crippen LogP contribution is 2.21. The van der Waals surface area contributed by atoms with Crippen LogP contribution >= 0.6 is 0 Å². The Morgan fingerprint density at radius 3 is 2.68 bits per heavy atom. The molecular weight excluding hydrogens is 245 g/mol. The molecule has 0 bridgehead atoms. The predicted molar refractivity (Wildman–Crippen MR) is 72.4 cm³/mol. The van der Waals surface area contributed by atoms with E-state index in [1.54, 1.807) is 11.0 Å².